The van der Waals surface area contributed by atoms with E-state index < -0.39 is 0 Å². The molecule has 0 aliphatic rings. The van der Waals surface area contributed by atoms with Crippen LogP contribution in [-0.2, 0) is 0 Å². The first kappa shape index (κ1) is 8.71. The molecule has 0 aliphatic heterocycles. The number of rotatable bonds is 4. The van der Waals surface area contributed by atoms with E-state index >= 15 is 0 Å². The predicted molar refractivity (Wildman–Crippen MR) is 47.8 cm³/mol. The minimum atomic E-state index is -0.338. The summed E-state index contributed by atoms with van der Waals surface area (Å²) in [6.45, 7) is 3.58. The molecule has 0 aliphatic carbocycles. The van der Waals surface area contributed by atoms with Gasteiger partial charge >= 0.3 is 0 Å². The van der Waals surface area contributed by atoms with Crippen molar-refractivity contribution < 1.29 is 5.11 Å². The Morgan fingerprint density at radius 1 is 1.73 bits per heavy atom. The summed E-state index contributed by atoms with van der Waals surface area (Å²) in [7, 11) is 0. The molecule has 3 heteroatoms. The summed E-state index contributed by atoms with van der Waals surface area (Å²) in [4.78, 5) is 1.03. The Kier molecular flexibility index (Phi) is 3.56. The van der Waals surface area contributed by atoms with E-state index in [0.29, 0.717) is 6.54 Å². The van der Waals surface area contributed by atoms with Crippen molar-refractivity contribution in [2.45, 2.75) is 13.0 Å². The number of nitrogens with one attached hydrogen (secondary N) is 1. The number of hydrogen-bond acceptors (Lipinski definition) is 3. The van der Waals surface area contributed by atoms with E-state index in [0.717, 1.165) is 11.4 Å². The van der Waals surface area contributed by atoms with Crippen LogP contribution >= 0.6 is 11.3 Å². The van der Waals surface area contributed by atoms with Gasteiger partial charge in [0.15, 0.2) is 0 Å². The fraction of sp³-hybridized carbons (Fsp3) is 0.500. The van der Waals surface area contributed by atoms with E-state index in [9.17, 15) is 5.11 Å². The number of thiophene rings is 1. The van der Waals surface area contributed by atoms with Crippen molar-refractivity contribution in [2.24, 2.45) is 0 Å². The third kappa shape index (κ3) is 2.61. The molecule has 1 aromatic rings. The van der Waals surface area contributed by atoms with Crippen molar-refractivity contribution in [3.63, 3.8) is 0 Å². The van der Waals surface area contributed by atoms with Crippen molar-refractivity contribution in [3.8, 4) is 0 Å². The molecule has 0 radical (unpaired) electrons. The van der Waals surface area contributed by atoms with Crippen LogP contribution in [0.5, 0.6) is 0 Å². The van der Waals surface area contributed by atoms with Gasteiger partial charge in [-0.1, -0.05) is 13.0 Å². The number of hydrogen-bond donors (Lipinski definition) is 2. The van der Waals surface area contributed by atoms with Crippen molar-refractivity contribution >= 4 is 11.3 Å². The second-order valence-electron chi connectivity index (χ2n) is 2.34. The van der Waals surface area contributed by atoms with Crippen molar-refractivity contribution in [2.75, 3.05) is 13.1 Å². The SMILES string of the molecule is CCNCC(O)c1cccs1. The molecule has 0 spiro atoms. The highest BCUT2D eigenvalue weighted by molar-refractivity contribution is 7.10. The molecule has 0 saturated carbocycles. The molecule has 0 saturated heterocycles. The fourth-order valence-corrected chi connectivity index (χ4v) is 1.57. The Bertz CT molecular complexity index is 186. The zero-order valence-electron chi connectivity index (χ0n) is 6.58. The standard InChI is InChI=1S/C8H13NOS/c1-2-9-6-7(10)8-4-3-5-11-8/h3-5,7,9-10H,2,6H2,1H3. The fourth-order valence-electron chi connectivity index (χ4n) is 0.863. The molecular formula is C8H13NOS. The number of aliphatic hydroxyl groups is 1. The van der Waals surface area contributed by atoms with Crippen LogP contribution in [0.3, 0.4) is 0 Å². The lowest BCUT2D eigenvalue weighted by Crippen LogP contribution is -2.20. The van der Waals surface area contributed by atoms with Gasteiger partial charge in [-0.2, -0.15) is 0 Å². The quantitative estimate of drug-likeness (QED) is 0.717. The molecule has 2 N–H and O–H groups in total. The second kappa shape index (κ2) is 4.49. The highest BCUT2D eigenvalue weighted by Gasteiger charge is 2.05. The Balaban J connectivity index is 2.36. The monoisotopic (exact) mass is 171 g/mol. The molecule has 0 aromatic carbocycles. The Hall–Kier alpha value is -0.380. The van der Waals surface area contributed by atoms with Crippen molar-refractivity contribution in [3.05, 3.63) is 22.4 Å². The maximum atomic E-state index is 9.49. The Labute approximate surface area is 70.9 Å². The zero-order chi connectivity index (χ0) is 8.10. The summed E-state index contributed by atoms with van der Waals surface area (Å²) in [6, 6.07) is 3.90. The van der Waals surface area contributed by atoms with Crippen LogP contribution in [0, 0.1) is 0 Å². The summed E-state index contributed by atoms with van der Waals surface area (Å²) in [6.07, 6.45) is -0.338. The van der Waals surface area contributed by atoms with Crippen molar-refractivity contribution in [1.82, 2.24) is 5.32 Å². The van der Waals surface area contributed by atoms with Gasteiger partial charge in [0, 0.05) is 11.4 Å². The zero-order valence-corrected chi connectivity index (χ0v) is 7.40. The van der Waals surface area contributed by atoms with Gasteiger partial charge in [0.1, 0.15) is 6.10 Å². The third-order valence-electron chi connectivity index (χ3n) is 1.46. The first-order valence-electron chi connectivity index (χ1n) is 3.76. The summed E-state index contributed by atoms with van der Waals surface area (Å²) < 4.78 is 0. The maximum Gasteiger partial charge on any atom is 0.101 e. The molecule has 11 heavy (non-hydrogen) atoms. The molecule has 0 bridgehead atoms. The van der Waals surface area contributed by atoms with Gasteiger partial charge in [0.2, 0.25) is 0 Å². The van der Waals surface area contributed by atoms with Gasteiger partial charge in [-0.3, -0.25) is 0 Å². The molecular weight excluding hydrogens is 158 g/mol. The average molecular weight is 171 g/mol. The second-order valence-corrected chi connectivity index (χ2v) is 3.32. The molecule has 2 nitrogen and oxygen atoms in total. The van der Waals surface area contributed by atoms with Gasteiger partial charge in [-0.25, -0.2) is 0 Å². The molecule has 0 amide bonds. The molecule has 62 valence electrons. The lowest BCUT2D eigenvalue weighted by atomic mass is 10.3. The normalized spacial score (nSPS) is 13.3. The Morgan fingerprint density at radius 3 is 3.09 bits per heavy atom. The summed E-state index contributed by atoms with van der Waals surface area (Å²) in [5.74, 6) is 0. The minimum absolute atomic E-state index is 0.338. The van der Waals surface area contributed by atoms with Gasteiger partial charge < -0.3 is 10.4 Å². The molecule has 1 heterocycles. The number of likely N-dealkylation sites (N-methyl/N-ethyl adjacent to an activating group) is 1. The van der Waals surface area contributed by atoms with Crippen LogP contribution in [0.15, 0.2) is 17.5 Å². The van der Waals surface area contributed by atoms with Gasteiger partial charge in [0.05, 0.1) is 0 Å². The van der Waals surface area contributed by atoms with E-state index in [2.05, 4.69) is 5.32 Å². The van der Waals surface area contributed by atoms with E-state index in [1.54, 1.807) is 11.3 Å². The summed E-state index contributed by atoms with van der Waals surface area (Å²) in [5.41, 5.74) is 0. The highest BCUT2D eigenvalue weighted by Crippen LogP contribution is 2.17. The van der Waals surface area contributed by atoms with Gasteiger partial charge in [0.25, 0.3) is 0 Å². The Morgan fingerprint density at radius 2 is 2.55 bits per heavy atom. The predicted octanol–water partition coefficient (Wildman–Crippen LogP) is 1.39. The van der Waals surface area contributed by atoms with Crippen LogP contribution in [0.2, 0.25) is 0 Å². The minimum Gasteiger partial charge on any atom is -0.386 e. The van der Waals surface area contributed by atoms with Crippen molar-refractivity contribution in [1.29, 1.82) is 0 Å². The molecule has 1 aromatic heterocycles. The van der Waals surface area contributed by atoms with Gasteiger partial charge in [-0.15, -0.1) is 11.3 Å². The van der Waals surface area contributed by atoms with E-state index in [4.69, 9.17) is 0 Å². The van der Waals surface area contributed by atoms with Crippen LogP contribution in [0.25, 0.3) is 0 Å². The van der Waals surface area contributed by atoms with Gasteiger partial charge in [-0.05, 0) is 18.0 Å². The molecule has 0 fully saturated rings. The van der Waals surface area contributed by atoms with E-state index in [1.807, 2.05) is 24.4 Å². The first-order chi connectivity index (χ1) is 5.34. The number of aliphatic hydroxyl groups excluding tert-OH is 1. The average Bonchev–Trinajstić information content (AvgIpc) is 2.52. The lowest BCUT2D eigenvalue weighted by molar-refractivity contribution is 0.179. The van der Waals surface area contributed by atoms with Crippen LogP contribution < -0.4 is 5.32 Å². The first-order valence-corrected chi connectivity index (χ1v) is 4.64. The highest BCUT2D eigenvalue weighted by atomic mass is 32.1. The smallest absolute Gasteiger partial charge is 0.101 e. The summed E-state index contributed by atoms with van der Waals surface area (Å²) >= 11 is 1.59. The molecule has 1 unspecified atom stereocenters. The summed E-state index contributed by atoms with van der Waals surface area (Å²) in [5, 5.41) is 14.6. The molecule has 1 atom stereocenters. The van der Waals surface area contributed by atoms with Crippen LogP contribution in [-0.4, -0.2) is 18.2 Å². The van der Waals surface area contributed by atoms with E-state index in [1.165, 1.54) is 0 Å². The topological polar surface area (TPSA) is 32.3 Å². The van der Waals surface area contributed by atoms with E-state index in [-0.39, 0.29) is 6.10 Å². The third-order valence-corrected chi connectivity index (χ3v) is 2.43. The van der Waals surface area contributed by atoms with Crippen LogP contribution in [0.4, 0.5) is 0 Å². The van der Waals surface area contributed by atoms with Crippen LogP contribution in [0.1, 0.15) is 17.9 Å². The maximum absolute atomic E-state index is 9.49. The molecule has 1 rings (SSSR count). The lowest BCUT2D eigenvalue weighted by Gasteiger charge is -2.07. The largest absolute Gasteiger partial charge is 0.386 e.